The van der Waals surface area contributed by atoms with Crippen molar-refractivity contribution in [1.82, 2.24) is 15.2 Å². The first-order chi connectivity index (χ1) is 13.2. The fraction of sp³-hybridized carbons (Fsp3) is 0.150. The highest BCUT2D eigenvalue weighted by Gasteiger charge is 2.35. The topological polar surface area (TPSA) is 110 Å². The molecule has 0 saturated heterocycles. The second-order valence-corrected chi connectivity index (χ2v) is 5.99. The number of hydrogen-bond donors (Lipinski definition) is 2. The molecule has 7 nitrogen and oxygen atoms in total. The molecule has 1 aliphatic heterocycles. The third-order valence-electron chi connectivity index (χ3n) is 4.39. The first-order valence-corrected chi connectivity index (χ1v) is 8.52. The third kappa shape index (κ3) is 2.87. The fourth-order valence-electron chi connectivity index (χ4n) is 3.25. The predicted molar refractivity (Wildman–Crippen MR) is 98.7 cm³/mol. The van der Waals surface area contributed by atoms with Gasteiger partial charge in [0.1, 0.15) is 17.4 Å². The highest BCUT2D eigenvalue weighted by molar-refractivity contribution is 5.71. The molecule has 1 unspecified atom stereocenters. The van der Waals surface area contributed by atoms with E-state index in [-0.39, 0.29) is 5.88 Å². The van der Waals surface area contributed by atoms with Crippen LogP contribution in [0.15, 0.2) is 60.2 Å². The smallest absolute Gasteiger partial charge is 0.244 e. The molecule has 1 aliphatic rings. The summed E-state index contributed by atoms with van der Waals surface area (Å²) in [6.45, 7) is 2.51. The molecule has 3 N–H and O–H groups in total. The van der Waals surface area contributed by atoms with Crippen LogP contribution in [0.25, 0.3) is 11.3 Å². The summed E-state index contributed by atoms with van der Waals surface area (Å²) in [5, 5.41) is 17.0. The SMILES string of the molecule is CCOc1cccc(-c2[nH]nc3c2C(c2cccnc2)C(C#N)=C(N)O3)c1. The van der Waals surface area contributed by atoms with Gasteiger partial charge in [0, 0.05) is 18.0 Å². The number of hydrogen-bond acceptors (Lipinski definition) is 6. The molecule has 7 heteroatoms. The summed E-state index contributed by atoms with van der Waals surface area (Å²) in [6.07, 6.45) is 3.41. The van der Waals surface area contributed by atoms with Crippen LogP contribution >= 0.6 is 0 Å². The van der Waals surface area contributed by atoms with Gasteiger partial charge in [0.15, 0.2) is 0 Å². The van der Waals surface area contributed by atoms with Crippen LogP contribution < -0.4 is 15.2 Å². The van der Waals surface area contributed by atoms with Crippen molar-refractivity contribution in [2.75, 3.05) is 6.61 Å². The van der Waals surface area contributed by atoms with E-state index in [2.05, 4.69) is 21.3 Å². The Labute approximate surface area is 156 Å². The zero-order valence-corrected chi connectivity index (χ0v) is 14.6. The summed E-state index contributed by atoms with van der Waals surface area (Å²) < 4.78 is 11.2. The number of benzene rings is 1. The molecule has 2 aromatic heterocycles. The number of aromatic nitrogens is 3. The van der Waals surface area contributed by atoms with E-state index in [0.29, 0.717) is 18.1 Å². The Bertz CT molecular complexity index is 1050. The number of aromatic amines is 1. The van der Waals surface area contributed by atoms with Gasteiger partial charge >= 0.3 is 0 Å². The Balaban J connectivity index is 1.90. The first-order valence-electron chi connectivity index (χ1n) is 8.52. The van der Waals surface area contributed by atoms with E-state index in [1.165, 1.54) is 0 Å². The molecule has 0 bridgehead atoms. The molecule has 0 aliphatic carbocycles. The lowest BCUT2D eigenvalue weighted by atomic mass is 9.84. The van der Waals surface area contributed by atoms with E-state index in [9.17, 15) is 5.26 Å². The largest absolute Gasteiger partial charge is 0.494 e. The second-order valence-electron chi connectivity index (χ2n) is 5.99. The zero-order valence-electron chi connectivity index (χ0n) is 14.6. The van der Waals surface area contributed by atoms with Gasteiger partial charge in [-0.2, -0.15) is 5.26 Å². The van der Waals surface area contributed by atoms with Crippen molar-refractivity contribution in [1.29, 1.82) is 5.26 Å². The normalized spacial score (nSPS) is 15.6. The van der Waals surface area contributed by atoms with Crippen molar-refractivity contribution in [3.63, 3.8) is 0 Å². The average molecular weight is 359 g/mol. The van der Waals surface area contributed by atoms with E-state index in [0.717, 1.165) is 28.1 Å². The van der Waals surface area contributed by atoms with Gasteiger partial charge in [0.05, 0.1) is 23.8 Å². The Morgan fingerprint density at radius 1 is 1.33 bits per heavy atom. The maximum absolute atomic E-state index is 9.69. The van der Waals surface area contributed by atoms with Gasteiger partial charge in [-0.25, -0.2) is 0 Å². The lowest BCUT2D eigenvalue weighted by Crippen LogP contribution is -2.21. The van der Waals surface area contributed by atoms with Crippen LogP contribution in [0.2, 0.25) is 0 Å². The summed E-state index contributed by atoms with van der Waals surface area (Å²) in [5.74, 6) is 0.748. The van der Waals surface area contributed by atoms with E-state index < -0.39 is 5.92 Å². The number of nitriles is 1. The van der Waals surface area contributed by atoms with Crippen LogP contribution in [0.5, 0.6) is 11.6 Å². The summed E-state index contributed by atoms with van der Waals surface area (Å²) in [5.41, 5.74) is 9.54. The quantitative estimate of drug-likeness (QED) is 0.741. The Hall–Kier alpha value is -3.79. The minimum absolute atomic E-state index is 0.0555. The fourth-order valence-corrected chi connectivity index (χ4v) is 3.25. The number of nitrogens with one attached hydrogen (secondary N) is 1. The van der Waals surface area contributed by atoms with Crippen LogP contribution in [0.1, 0.15) is 24.0 Å². The van der Waals surface area contributed by atoms with Crippen molar-refractivity contribution < 1.29 is 9.47 Å². The summed E-state index contributed by atoms with van der Waals surface area (Å²) in [7, 11) is 0. The Morgan fingerprint density at radius 3 is 2.96 bits per heavy atom. The summed E-state index contributed by atoms with van der Waals surface area (Å²) in [4.78, 5) is 4.19. The molecule has 3 aromatic rings. The number of H-pyrrole nitrogens is 1. The van der Waals surface area contributed by atoms with E-state index >= 15 is 0 Å². The molecule has 0 spiro atoms. The number of nitrogens with zero attached hydrogens (tertiary/aromatic N) is 3. The molecule has 4 rings (SSSR count). The number of ether oxygens (including phenoxy) is 2. The Morgan fingerprint density at radius 2 is 2.22 bits per heavy atom. The number of fused-ring (bicyclic) bond motifs is 1. The van der Waals surface area contributed by atoms with Crippen molar-refractivity contribution in [2.45, 2.75) is 12.8 Å². The highest BCUT2D eigenvalue weighted by Crippen LogP contribution is 2.45. The highest BCUT2D eigenvalue weighted by atomic mass is 16.5. The lowest BCUT2D eigenvalue weighted by molar-refractivity contribution is 0.340. The molecule has 0 fully saturated rings. The molecule has 27 heavy (non-hydrogen) atoms. The average Bonchev–Trinajstić information content (AvgIpc) is 3.11. The molecule has 0 radical (unpaired) electrons. The van der Waals surface area contributed by atoms with Gasteiger partial charge in [-0.15, -0.1) is 5.10 Å². The van der Waals surface area contributed by atoms with Gasteiger partial charge in [0.25, 0.3) is 0 Å². The Kier molecular flexibility index (Phi) is 4.22. The molecule has 1 aromatic carbocycles. The maximum Gasteiger partial charge on any atom is 0.244 e. The van der Waals surface area contributed by atoms with Crippen molar-refractivity contribution >= 4 is 0 Å². The molecular weight excluding hydrogens is 342 g/mol. The number of pyridine rings is 1. The number of allylic oxidation sites excluding steroid dienone is 1. The minimum Gasteiger partial charge on any atom is -0.494 e. The van der Waals surface area contributed by atoms with Crippen LogP contribution in [-0.4, -0.2) is 21.8 Å². The van der Waals surface area contributed by atoms with E-state index in [1.54, 1.807) is 12.4 Å². The lowest BCUT2D eigenvalue weighted by Gasteiger charge is -2.23. The van der Waals surface area contributed by atoms with Crippen molar-refractivity contribution in [3.05, 3.63) is 71.4 Å². The van der Waals surface area contributed by atoms with Gasteiger partial charge < -0.3 is 15.2 Å². The van der Waals surface area contributed by atoms with Crippen molar-refractivity contribution in [2.24, 2.45) is 5.73 Å². The molecular formula is C20H17N5O2. The molecule has 0 saturated carbocycles. The number of nitrogens with two attached hydrogens (primary N) is 1. The van der Waals surface area contributed by atoms with Crippen LogP contribution in [0.4, 0.5) is 0 Å². The number of rotatable bonds is 4. The second kappa shape index (κ2) is 6.84. The zero-order chi connectivity index (χ0) is 18.8. The monoisotopic (exact) mass is 359 g/mol. The molecule has 3 heterocycles. The standard InChI is InChI=1S/C20H17N5O2/c1-2-26-14-7-3-5-12(9-14)18-17-16(13-6-4-8-23-11-13)15(10-21)19(22)27-20(17)25-24-18/h3-9,11,16H,2,22H2,1H3,(H,24,25). The minimum atomic E-state index is -0.419. The van der Waals surface area contributed by atoms with Crippen LogP contribution in [-0.2, 0) is 0 Å². The van der Waals surface area contributed by atoms with Gasteiger partial charge in [-0.3, -0.25) is 10.1 Å². The predicted octanol–water partition coefficient (Wildman–Crippen LogP) is 3.09. The molecule has 134 valence electrons. The first kappa shape index (κ1) is 16.7. The molecule has 1 atom stereocenters. The summed E-state index contributed by atoms with van der Waals surface area (Å²) in [6, 6.07) is 13.6. The van der Waals surface area contributed by atoms with Gasteiger partial charge in [0.2, 0.25) is 11.8 Å². The van der Waals surface area contributed by atoms with E-state index in [1.807, 2.05) is 43.3 Å². The maximum atomic E-state index is 9.69. The van der Waals surface area contributed by atoms with Crippen molar-refractivity contribution in [3.8, 4) is 29.0 Å². The van der Waals surface area contributed by atoms with Gasteiger partial charge in [-0.1, -0.05) is 18.2 Å². The third-order valence-corrected chi connectivity index (χ3v) is 4.39. The summed E-state index contributed by atoms with van der Waals surface area (Å²) >= 11 is 0. The van der Waals surface area contributed by atoms with Gasteiger partial charge in [-0.05, 0) is 30.7 Å². The van der Waals surface area contributed by atoms with E-state index in [4.69, 9.17) is 15.2 Å². The molecule has 0 amide bonds. The van der Waals surface area contributed by atoms with Crippen LogP contribution in [0.3, 0.4) is 0 Å². The van der Waals surface area contributed by atoms with Crippen LogP contribution in [0, 0.1) is 11.3 Å².